The summed E-state index contributed by atoms with van der Waals surface area (Å²) < 4.78 is 0. The first kappa shape index (κ1) is 16.6. The molecule has 25 heavy (non-hydrogen) atoms. The lowest BCUT2D eigenvalue weighted by Gasteiger charge is -2.26. The first-order valence-electron chi connectivity index (χ1n) is 8.67. The monoisotopic (exact) mass is 359 g/mol. The largest absolute Gasteiger partial charge is 0.346 e. The van der Waals surface area contributed by atoms with Gasteiger partial charge in [0.15, 0.2) is 5.69 Å². The third kappa shape index (κ3) is 3.17. The standard InChI is InChI=1S/C18H22ClN5O/c1-24-9-7-15(17(24)11-2-4-12(19)5-3-11)21-18(25)16-13-10-20-8-6-14(13)22-23-16/h2-5,15,17,20H,6-10H2,1H3,(H,21,25)(H,22,23). The molecule has 2 unspecified atom stereocenters. The maximum atomic E-state index is 12.8. The molecule has 1 saturated heterocycles. The van der Waals surface area contributed by atoms with Gasteiger partial charge in [-0.05, 0) is 31.2 Å². The molecular weight excluding hydrogens is 338 g/mol. The minimum Gasteiger partial charge on any atom is -0.346 e. The van der Waals surface area contributed by atoms with Crippen LogP contribution in [0.1, 0.15) is 39.8 Å². The van der Waals surface area contributed by atoms with Crippen molar-refractivity contribution in [3.63, 3.8) is 0 Å². The Morgan fingerprint density at radius 1 is 1.36 bits per heavy atom. The molecule has 0 bridgehead atoms. The number of likely N-dealkylation sites (N-methyl/N-ethyl adjacent to an activating group) is 1. The van der Waals surface area contributed by atoms with Gasteiger partial charge in [0, 0.05) is 42.3 Å². The topological polar surface area (TPSA) is 73.0 Å². The summed E-state index contributed by atoms with van der Waals surface area (Å²) >= 11 is 6.01. The molecule has 1 amide bonds. The summed E-state index contributed by atoms with van der Waals surface area (Å²) in [7, 11) is 2.09. The Morgan fingerprint density at radius 3 is 2.96 bits per heavy atom. The molecule has 1 fully saturated rings. The molecule has 2 aliphatic heterocycles. The number of fused-ring (bicyclic) bond motifs is 1. The van der Waals surface area contributed by atoms with Crippen molar-refractivity contribution in [1.82, 2.24) is 25.7 Å². The van der Waals surface area contributed by atoms with Gasteiger partial charge < -0.3 is 10.6 Å². The molecule has 7 heteroatoms. The van der Waals surface area contributed by atoms with Gasteiger partial charge in [0.25, 0.3) is 5.91 Å². The van der Waals surface area contributed by atoms with E-state index in [1.807, 2.05) is 24.3 Å². The Kier molecular flexibility index (Phi) is 4.50. The number of amides is 1. The number of carbonyl (C=O) groups excluding carboxylic acids is 1. The quantitative estimate of drug-likeness (QED) is 0.782. The molecule has 3 N–H and O–H groups in total. The number of halogens is 1. The molecule has 2 atom stereocenters. The molecule has 2 aliphatic rings. The third-order valence-corrected chi connectivity index (χ3v) is 5.45. The summed E-state index contributed by atoms with van der Waals surface area (Å²) in [5.74, 6) is -0.0968. The van der Waals surface area contributed by atoms with E-state index in [2.05, 4.69) is 32.8 Å². The van der Waals surface area contributed by atoms with E-state index in [1.54, 1.807) is 0 Å². The number of likely N-dealkylation sites (tertiary alicyclic amines) is 1. The fourth-order valence-corrected chi connectivity index (χ4v) is 4.02. The van der Waals surface area contributed by atoms with Gasteiger partial charge in [-0.15, -0.1) is 0 Å². The molecule has 3 heterocycles. The first-order chi connectivity index (χ1) is 12.1. The van der Waals surface area contributed by atoms with Crippen molar-refractivity contribution in [2.24, 2.45) is 0 Å². The lowest BCUT2D eigenvalue weighted by molar-refractivity contribution is 0.0921. The van der Waals surface area contributed by atoms with Crippen LogP contribution in [0.3, 0.4) is 0 Å². The van der Waals surface area contributed by atoms with Crippen LogP contribution in [-0.4, -0.2) is 47.2 Å². The van der Waals surface area contributed by atoms with Gasteiger partial charge in [-0.3, -0.25) is 14.8 Å². The second-order valence-corrected chi connectivity index (χ2v) is 7.24. The van der Waals surface area contributed by atoms with E-state index in [0.29, 0.717) is 12.2 Å². The molecular formula is C18H22ClN5O. The van der Waals surface area contributed by atoms with Crippen molar-refractivity contribution < 1.29 is 4.79 Å². The van der Waals surface area contributed by atoms with Crippen molar-refractivity contribution in [3.05, 3.63) is 51.8 Å². The van der Waals surface area contributed by atoms with E-state index in [-0.39, 0.29) is 18.0 Å². The molecule has 0 radical (unpaired) electrons. The second-order valence-electron chi connectivity index (χ2n) is 6.80. The van der Waals surface area contributed by atoms with E-state index in [1.165, 1.54) is 5.56 Å². The SMILES string of the molecule is CN1CCC(NC(=O)c2n[nH]c3c2CNCC3)C1c1ccc(Cl)cc1. The lowest BCUT2D eigenvalue weighted by atomic mass is 9.99. The number of rotatable bonds is 3. The highest BCUT2D eigenvalue weighted by Gasteiger charge is 2.35. The summed E-state index contributed by atoms with van der Waals surface area (Å²) in [4.78, 5) is 15.1. The van der Waals surface area contributed by atoms with Gasteiger partial charge in [0.05, 0.1) is 12.1 Å². The van der Waals surface area contributed by atoms with Crippen molar-refractivity contribution in [2.45, 2.75) is 31.5 Å². The molecule has 132 valence electrons. The summed E-state index contributed by atoms with van der Waals surface area (Å²) in [6.45, 7) is 2.56. The van der Waals surface area contributed by atoms with Gasteiger partial charge in [-0.1, -0.05) is 23.7 Å². The summed E-state index contributed by atoms with van der Waals surface area (Å²) in [6.07, 6.45) is 1.80. The molecule has 1 aromatic carbocycles. The van der Waals surface area contributed by atoms with Crippen LogP contribution < -0.4 is 10.6 Å². The zero-order valence-corrected chi connectivity index (χ0v) is 14.9. The van der Waals surface area contributed by atoms with Gasteiger partial charge in [0.1, 0.15) is 0 Å². The molecule has 0 spiro atoms. The number of nitrogens with zero attached hydrogens (tertiary/aromatic N) is 2. The average molecular weight is 360 g/mol. The number of carbonyl (C=O) groups is 1. The van der Waals surface area contributed by atoms with Gasteiger partial charge in [0.2, 0.25) is 0 Å². The van der Waals surface area contributed by atoms with Crippen LogP contribution in [0.25, 0.3) is 0 Å². The number of aromatic amines is 1. The second kappa shape index (κ2) is 6.78. The molecule has 2 aromatic rings. The van der Waals surface area contributed by atoms with Crippen LogP contribution in [0.15, 0.2) is 24.3 Å². The zero-order valence-electron chi connectivity index (χ0n) is 14.2. The Balaban J connectivity index is 1.54. The predicted octanol–water partition coefficient (Wildman–Crippen LogP) is 1.88. The van der Waals surface area contributed by atoms with Crippen molar-refractivity contribution in [1.29, 1.82) is 0 Å². The Bertz CT molecular complexity index is 772. The number of hydrogen-bond donors (Lipinski definition) is 3. The minimum atomic E-state index is -0.0968. The lowest BCUT2D eigenvalue weighted by Crippen LogP contribution is -2.39. The highest BCUT2D eigenvalue weighted by atomic mass is 35.5. The van der Waals surface area contributed by atoms with Crippen molar-refractivity contribution >= 4 is 17.5 Å². The fraction of sp³-hybridized carbons (Fsp3) is 0.444. The van der Waals surface area contributed by atoms with E-state index in [0.717, 1.165) is 42.2 Å². The average Bonchev–Trinajstić information content (AvgIpc) is 3.20. The van der Waals surface area contributed by atoms with Crippen LogP contribution in [-0.2, 0) is 13.0 Å². The predicted molar refractivity (Wildman–Crippen MR) is 96.7 cm³/mol. The number of hydrogen-bond acceptors (Lipinski definition) is 4. The number of H-pyrrole nitrogens is 1. The summed E-state index contributed by atoms with van der Waals surface area (Å²) in [5, 5.41) is 14.5. The Hall–Kier alpha value is -1.89. The van der Waals surface area contributed by atoms with Gasteiger partial charge in [-0.25, -0.2) is 0 Å². The van der Waals surface area contributed by atoms with Crippen LogP contribution in [0, 0.1) is 0 Å². The molecule has 1 aromatic heterocycles. The number of aromatic nitrogens is 2. The van der Waals surface area contributed by atoms with E-state index < -0.39 is 0 Å². The normalized spacial score (nSPS) is 23.4. The van der Waals surface area contributed by atoms with Crippen LogP contribution in [0.4, 0.5) is 0 Å². The zero-order chi connectivity index (χ0) is 17.4. The molecule has 6 nitrogen and oxygen atoms in total. The van der Waals surface area contributed by atoms with E-state index >= 15 is 0 Å². The van der Waals surface area contributed by atoms with Crippen LogP contribution in [0.5, 0.6) is 0 Å². The molecule has 0 saturated carbocycles. The maximum absolute atomic E-state index is 12.8. The highest BCUT2D eigenvalue weighted by Crippen LogP contribution is 2.32. The highest BCUT2D eigenvalue weighted by molar-refractivity contribution is 6.30. The van der Waals surface area contributed by atoms with Crippen LogP contribution in [0.2, 0.25) is 5.02 Å². The fourth-order valence-electron chi connectivity index (χ4n) is 3.89. The molecule has 4 rings (SSSR count). The molecule has 0 aliphatic carbocycles. The van der Waals surface area contributed by atoms with E-state index in [4.69, 9.17) is 11.6 Å². The van der Waals surface area contributed by atoms with Gasteiger partial charge in [-0.2, -0.15) is 5.10 Å². The van der Waals surface area contributed by atoms with Crippen LogP contribution >= 0.6 is 11.6 Å². The Morgan fingerprint density at radius 2 is 2.16 bits per heavy atom. The van der Waals surface area contributed by atoms with Crippen molar-refractivity contribution in [2.75, 3.05) is 20.1 Å². The maximum Gasteiger partial charge on any atom is 0.272 e. The van der Waals surface area contributed by atoms with E-state index in [9.17, 15) is 4.79 Å². The van der Waals surface area contributed by atoms with Gasteiger partial charge >= 0.3 is 0 Å². The third-order valence-electron chi connectivity index (χ3n) is 5.20. The summed E-state index contributed by atoms with van der Waals surface area (Å²) in [6, 6.07) is 8.08. The first-order valence-corrected chi connectivity index (χ1v) is 9.04. The minimum absolute atomic E-state index is 0.0579. The number of benzene rings is 1. The smallest absolute Gasteiger partial charge is 0.272 e. The van der Waals surface area contributed by atoms with Crippen molar-refractivity contribution in [3.8, 4) is 0 Å². The summed E-state index contributed by atoms with van der Waals surface area (Å²) in [5.41, 5.74) is 3.76. The number of nitrogens with one attached hydrogen (secondary N) is 3. The Labute approximate surface area is 151 Å².